The minimum atomic E-state index is -2.51. The highest BCUT2D eigenvalue weighted by molar-refractivity contribution is 7.99. The molecule has 0 aromatic heterocycles. The Hall–Kier alpha value is -1.40. The minimum absolute atomic E-state index is 0.237. The van der Waals surface area contributed by atoms with Crippen LogP contribution in [0.3, 0.4) is 0 Å². The molecule has 1 heterocycles. The normalized spacial score (nSPS) is 14.2. The molecule has 6 heteroatoms. The van der Waals surface area contributed by atoms with E-state index in [0.29, 0.717) is 41.0 Å². The van der Waals surface area contributed by atoms with Crippen LogP contribution in [0.2, 0.25) is 0 Å². The van der Waals surface area contributed by atoms with Gasteiger partial charge in [0.1, 0.15) is 0 Å². The first-order valence-corrected chi connectivity index (χ1v) is 6.70. The van der Waals surface area contributed by atoms with Crippen molar-refractivity contribution in [1.82, 2.24) is 5.32 Å². The van der Waals surface area contributed by atoms with Crippen LogP contribution in [-0.4, -0.2) is 24.8 Å². The summed E-state index contributed by atoms with van der Waals surface area (Å²) in [6, 6.07) is 6.57. The molecule has 19 heavy (non-hydrogen) atoms. The molecule has 2 N–H and O–H groups in total. The lowest BCUT2D eigenvalue weighted by atomic mass is 10.0. The lowest BCUT2D eigenvalue weighted by molar-refractivity contribution is -0.112. The maximum absolute atomic E-state index is 12.4. The van der Waals surface area contributed by atoms with Crippen molar-refractivity contribution in [3.63, 3.8) is 0 Å². The van der Waals surface area contributed by atoms with Crippen molar-refractivity contribution in [2.75, 3.05) is 18.4 Å². The van der Waals surface area contributed by atoms with Crippen LogP contribution in [-0.2, 0) is 4.79 Å². The van der Waals surface area contributed by atoms with Crippen molar-refractivity contribution in [1.29, 1.82) is 0 Å². The van der Waals surface area contributed by atoms with E-state index in [-0.39, 0.29) is 5.91 Å². The summed E-state index contributed by atoms with van der Waals surface area (Å²) in [6.45, 7) is 3.17. The molecule has 3 nitrogen and oxygen atoms in total. The molecule has 0 atom stereocenters. The smallest absolute Gasteiger partial charge is 0.288 e. The SMILES string of the molecule is CC(C(=O)Nc1ccccc1SC(F)F)=C1CNC1. The predicted octanol–water partition coefficient (Wildman–Crippen LogP) is 2.86. The number of hydrogen-bond acceptors (Lipinski definition) is 3. The Morgan fingerprint density at radius 2 is 2.05 bits per heavy atom. The third kappa shape index (κ3) is 3.54. The first-order chi connectivity index (χ1) is 9.08. The standard InChI is InChI=1S/C13H14F2N2OS/c1-8(9-6-16-7-9)12(18)17-10-4-2-3-5-11(10)19-13(14)15/h2-5,13,16H,6-7H2,1H3,(H,17,18). The fourth-order valence-electron chi connectivity index (χ4n) is 1.66. The topological polar surface area (TPSA) is 41.1 Å². The average Bonchev–Trinajstić information content (AvgIpc) is 2.28. The van der Waals surface area contributed by atoms with Gasteiger partial charge in [0.2, 0.25) is 0 Å². The molecular weight excluding hydrogens is 270 g/mol. The first-order valence-electron chi connectivity index (χ1n) is 5.82. The minimum Gasteiger partial charge on any atom is -0.321 e. The van der Waals surface area contributed by atoms with E-state index < -0.39 is 5.76 Å². The Bertz CT molecular complexity index is 511. The highest BCUT2D eigenvalue weighted by Gasteiger charge is 2.17. The monoisotopic (exact) mass is 284 g/mol. The number of rotatable bonds is 4. The number of thioether (sulfide) groups is 1. The van der Waals surface area contributed by atoms with Gasteiger partial charge in [-0.05, 0) is 24.6 Å². The molecule has 1 aliphatic heterocycles. The average molecular weight is 284 g/mol. The number of hydrogen-bond donors (Lipinski definition) is 2. The van der Waals surface area contributed by atoms with Gasteiger partial charge in [-0.2, -0.15) is 8.78 Å². The second-order valence-corrected chi connectivity index (χ2v) is 5.19. The number of anilines is 1. The summed E-state index contributed by atoms with van der Waals surface area (Å²) in [6.07, 6.45) is 0. The molecule has 1 aromatic carbocycles. The summed E-state index contributed by atoms with van der Waals surface area (Å²) >= 11 is 0.430. The second-order valence-electron chi connectivity index (χ2n) is 4.16. The maximum atomic E-state index is 12.4. The Labute approximate surface area is 114 Å². The van der Waals surface area contributed by atoms with Crippen LogP contribution in [0.1, 0.15) is 6.92 Å². The van der Waals surface area contributed by atoms with Crippen molar-refractivity contribution in [3.05, 3.63) is 35.4 Å². The van der Waals surface area contributed by atoms with Crippen molar-refractivity contribution in [3.8, 4) is 0 Å². The van der Waals surface area contributed by atoms with Gasteiger partial charge in [0.25, 0.3) is 11.7 Å². The summed E-state index contributed by atoms with van der Waals surface area (Å²) in [5.41, 5.74) is 2.12. The lowest BCUT2D eigenvalue weighted by Gasteiger charge is -2.21. The summed E-state index contributed by atoms with van der Waals surface area (Å²) in [5, 5.41) is 5.74. The molecule has 2 rings (SSSR count). The highest BCUT2D eigenvalue weighted by atomic mass is 32.2. The molecule has 1 aromatic rings. The van der Waals surface area contributed by atoms with Gasteiger partial charge in [-0.25, -0.2) is 0 Å². The van der Waals surface area contributed by atoms with E-state index >= 15 is 0 Å². The van der Waals surface area contributed by atoms with Crippen molar-refractivity contribution >= 4 is 23.4 Å². The molecule has 102 valence electrons. The predicted molar refractivity (Wildman–Crippen MR) is 72.5 cm³/mol. The summed E-state index contributed by atoms with van der Waals surface area (Å²) in [5.74, 6) is -2.74. The molecule has 1 saturated heterocycles. The number of nitrogens with one attached hydrogen (secondary N) is 2. The van der Waals surface area contributed by atoms with E-state index in [1.165, 1.54) is 0 Å². The number of benzene rings is 1. The number of carbonyl (C=O) groups excluding carboxylic acids is 1. The summed E-state index contributed by atoms with van der Waals surface area (Å²) in [4.78, 5) is 12.4. The third-order valence-corrected chi connectivity index (χ3v) is 3.69. The van der Waals surface area contributed by atoms with Crippen molar-refractivity contribution < 1.29 is 13.6 Å². The zero-order valence-corrected chi connectivity index (χ0v) is 11.2. The van der Waals surface area contributed by atoms with Gasteiger partial charge in [0, 0.05) is 23.6 Å². The van der Waals surface area contributed by atoms with Crippen LogP contribution in [0.5, 0.6) is 0 Å². The van der Waals surface area contributed by atoms with Gasteiger partial charge in [-0.15, -0.1) is 0 Å². The van der Waals surface area contributed by atoms with Gasteiger partial charge < -0.3 is 10.6 Å². The quantitative estimate of drug-likeness (QED) is 0.660. The largest absolute Gasteiger partial charge is 0.321 e. The molecule has 1 amide bonds. The Balaban J connectivity index is 2.12. The van der Waals surface area contributed by atoms with Gasteiger partial charge in [0.15, 0.2) is 0 Å². The van der Waals surface area contributed by atoms with Crippen LogP contribution >= 0.6 is 11.8 Å². The van der Waals surface area contributed by atoms with Gasteiger partial charge in [-0.3, -0.25) is 4.79 Å². The molecule has 0 spiro atoms. The zero-order chi connectivity index (χ0) is 13.8. The molecule has 0 saturated carbocycles. The highest BCUT2D eigenvalue weighted by Crippen LogP contribution is 2.31. The molecular formula is C13H14F2N2OS. The maximum Gasteiger partial charge on any atom is 0.288 e. The number of amides is 1. The fraction of sp³-hybridized carbons (Fsp3) is 0.308. The van der Waals surface area contributed by atoms with Gasteiger partial charge in [-0.1, -0.05) is 23.9 Å². The van der Waals surface area contributed by atoms with Crippen LogP contribution in [0.15, 0.2) is 40.3 Å². The van der Waals surface area contributed by atoms with E-state index in [2.05, 4.69) is 10.6 Å². The van der Waals surface area contributed by atoms with E-state index in [1.54, 1.807) is 31.2 Å². The third-order valence-electron chi connectivity index (χ3n) is 2.90. The first kappa shape index (κ1) is 14.0. The number of para-hydroxylation sites is 1. The second kappa shape index (κ2) is 6.16. The lowest BCUT2D eigenvalue weighted by Crippen LogP contribution is -2.36. The van der Waals surface area contributed by atoms with Crippen molar-refractivity contribution in [2.24, 2.45) is 0 Å². The Kier molecular flexibility index (Phi) is 4.55. The van der Waals surface area contributed by atoms with Crippen molar-refractivity contribution in [2.45, 2.75) is 17.6 Å². The van der Waals surface area contributed by atoms with E-state index in [1.807, 2.05) is 0 Å². The zero-order valence-electron chi connectivity index (χ0n) is 10.4. The van der Waals surface area contributed by atoms with E-state index in [0.717, 1.165) is 5.57 Å². The molecule has 0 aliphatic carbocycles. The van der Waals surface area contributed by atoms with Crippen LogP contribution < -0.4 is 10.6 Å². The summed E-state index contributed by atoms with van der Waals surface area (Å²) in [7, 11) is 0. The molecule has 0 unspecified atom stereocenters. The molecule has 1 aliphatic rings. The van der Waals surface area contributed by atoms with Crippen LogP contribution in [0.4, 0.5) is 14.5 Å². The number of carbonyl (C=O) groups is 1. The van der Waals surface area contributed by atoms with Gasteiger partial charge >= 0.3 is 0 Å². The van der Waals surface area contributed by atoms with E-state index in [9.17, 15) is 13.6 Å². The van der Waals surface area contributed by atoms with Crippen LogP contribution in [0, 0.1) is 0 Å². The Morgan fingerprint density at radius 3 is 2.63 bits per heavy atom. The molecule has 1 fully saturated rings. The number of alkyl halides is 2. The summed E-state index contributed by atoms with van der Waals surface area (Å²) < 4.78 is 24.8. The number of halogens is 2. The van der Waals surface area contributed by atoms with Crippen LogP contribution in [0.25, 0.3) is 0 Å². The molecule has 0 radical (unpaired) electrons. The molecule has 0 bridgehead atoms. The van der Waals surface area contributed by atoms with Gasteiger partial charge in [0.05, 0.1) is 5.69 Å². The van der Waals surface area contributed by atoms with E-state index in [4.69, 9.17) is 0 Å². The fourth-order valence-corrected chi connectivity index (χ4v) is 2.26. The Morgan fingerprint density at radius 1 is 1.37 bits per heavy atom.